The lowest BCUT2D eigenvalue weighted by Crippen LogP contribution is -2.22. The van der Waals surface area contributed by atoms with Crippen molar-refractivity contribution in [2.75, 3.05) is 6.54 Å². The maximum atomic E-state index is 5.64. The van der Waals surface area contributed by atoms with Crippen LogP contribution in [0, 0.1) is 12.3 Å². The maximum absolute atomic E-state index is 5.64. The van der Waals surface area contributed by atoms with Crippen molar-refractivity contribution in [3.05, 3.63) is 69.9 Å². The van der Waals surface area contributed by atoms with E-state index < -0.39 is 0 Å². The van der Waals surface area contributed by atoms with Gasteiger partial charge >= 0.3 is 0 Å². The molecule has 2 heteroatoms. The molecule has 0 spiro atoms. The zero-order valence-corrected chi connectivity index (χ0v) is 16.1. The summed E-state index contributed by atoms with van der Waals surface area (Å²) in [4.78, 5) is 5.15. The van der Waals surface area contributed by atoms with Crippen molar-refractivity contribution >= 4 is 22.1 Å². The third kappa shape index (κ3) is 4.31. The fourth-order valence-electron chi connectivity index (χ4n) is 3.05. The number of benzene rings is 2. The van der Waals surface area contributed by atoms with E-state index in [1.165, 1.54) is 26.1 Å². The van der Waals surface area contributed by atoms with Gasteiger partial charge in [0, 0.05) is 22.8 Å². The third-order valence-corrected chi connectivity index (χ3v) is 5.86. The van der Waals surface area contributed by atoms with Crippen molar-refractivity contribution in [2.24, 2.45) is 0 Å². The first kappa shape index (κ1) is 17.7. The van der Waals surface area contributed by atoms with E-state index in [1.54, 1.807) is 0 Å². The lowest BCUT2D eigenvalue weighted by atomic mass is 9.95. The highest BCUT2D eigenvalue weighted by atomic mass is 32.1. The van der Waals surface area contributed by atoms with Crippen molar-refractivity contribution in [1.29, 1.82) is 0 Å². The Hall–Kier alpha value is -2.08. The fraction of sp³-hybridized carbons (Fsp3) is 0.304. The summed E-state index contributed by atoms with van der Waals surface area (Å²) in [7, 11) is 0. The molecule has 25 heavy (non-hydrogen) atoms. The smallest absolute Gasteiger partial charge is 0.0605 e. The van der Waals surface area contributed by atoms with Gasteiger partial charge in [-0.15, -0.1) is 17.8 Å². The minimum atomic E-state index is 0.204. The average molecular weight is 348 g/mol. The lowest BCUT2D eigenvalue weighted by molar-refractivity contribution is 0.294. The molecule has 0 aliphatic heterocycles. The van der Waals surface area contributed by atoms with Crippen LogP contribution in [-0.2, 0) is 18.5 Å². The van der Waals surface area contributed by atoms with E-state index in [9.17, 15) is 0 Å². The Bertz CT molecular complexity index is 887. The number of thiophene rings is 1. The van der Waals surface area contributed by atoms with E-state index in [1.807, 2.05) is 11.3 Å². The molecule has 0 saturated heterocycles. The summed E-state index contributed by atoms with van der Waals surface area (Å²) >= 11 is 1.90. The van der Waals surface area contributed by atoms with Crippen LogP contribution >= 0.6 is 11.3 Å². The molecule has 0 unspecified atom stereocenters. The normalized spacial score (nSPS) is 11.8. The number of nitrogens with zero attached hydrogens (tertiary/aromatic N) is 1. The summed E-state index contributed by atoms with van der Waals surface area (Å²) in [5.41, 5.74) is 1.54. The monoisotopic (exact) mass is 347 g/mol. The Morgan fingerprint density at radius 3 is 2.44 bits per heavy atom. The molecule has 3 aromatic rings. The fourth-order valence-corrected chi connectivity index (χ4v) is 4.16. The van der Waals surface area contributed by atoms with E-state index in [-0.39, 0.29) is 5.41 Å². The molecule has 0 aliphatic carbocycles. The number of terminal acetylenes is 1. The maximum Gasteiger partial charge on any atom is 0.0605 e. The van der Waals surface area contributed by atoms with Gasteiger partial charge in [-0.2, -0.15) is 0 Å². The Labute approximate surface area is 155 Å². The Kier molecular flexibility index (Phi) is 5.27. The predicted octanol–water partition coefficient (Wildman–Crippen LogP) is 5.83. The molecule has 0 radical (unpaired) electrons. The van der Waals surface area contributed by atoms with Crippen molar-refractivity contribution in [3.63, 3.8) is 0 Å². The van der Waals surface area contributed by atoms with Crippen LogP contribution in [-0.4, -0.2) is 11.4 Å². The molecule has 0 N–H and O–H groups in total. The molecule has 128 valence electrons. The molecule has 1 nitrogen and oxygen atoms in total. The first-order valence-corrected chi connectivity index (χ1v) is 9.50. The van der Waals surface area contributed by atoms with Gasteiger partial charge in [0.1, 0.15) is 0 Å². The van der Waals surface area contributed by atoms with Gasteiger partial charge < -0.3 is 0 Å². The third-order valence-electron chi connectivity index (χ3n) is 4.37. The topological polar surface area (TPSA) is 3.24 Å². The van der Waals surface area contributed by atoms with Gasteiger partial charge in [-0.05, 0) is 33.9 Å². The SMILES string of the molecule is C#CCN(Cc1ccc(C(C)(C)C)s1)Cc1cccc2ccccc12. The molecule has 3 rings (SSSR count). The molecule has 0 atom stereocenters. The van der Waals surface area contributed by atoms with Gasteiger partial charge in [0.05, 0.1) is 6.54 Å². The van der Waals surface area contributed by atoms with Crippen molar-refractivity contribution in [2.45, 2.75) is 39.3 Å². The van der Waals surface area contributed by atoms with Crippen LogP contribution in [0.15, 0.2) is 54.6 Å². The Morgan fingerprint density at radius 2 is 1.72 bits per heavy atom. The van der Waals surface area contributed by atoms with Gasteiger partial charge in [-0.25, -0.2) is 0 Å². The number of rotatable bonds is 5. The molecule has 0 fully saturated rings. The van der Waals surface area contributed by atoms with Crippen LogP contribution in [0.2, 0.25) is 0 Å². The molecule has 2 aromatic carbocycles. The summed E-state index contributed by atoms with van der Waals surface area (Å²) in [5.74, 6) is 2.82. The zero-order chi connectivity index (χ0) is 17.9. The van der Waals surface area contributed by atoms with Gasteiger partial charge in [0.15, 0.2) is 0 Å². The van der Waals surface area contributed by atoms with Crippen molar-refractivity contribution in [1.82, 2.24) is 4.90 Å². The van der Waals surface area contributed by atoms with Crippen LogP contribution in [0.1, 0.15) is 36.1 Å². The second-order valence-corrected chi connectivity index (χ2v) is 8.67. The molecule has 0 saturated carbocycles. The van der Waals surface area contributed by atoms with E-state index in [0.717, 1.165) is 13.1 Å². The summed E-state index contributed by atoms with van der Waals surface area (Å²) in [5, 5.41) is 2.60. The molecule has 0 amide bonds. The van der Waals surface area contributed by atoms with Crippen molar-refractivity contribution in [3.8, 4) is 12.3 Å². The van der Waals surface area contributed by atoms with E-state index in [2.05, 4.69) is 86.2 Å². The molecular formula is C23H25NS. The first-order valence-electron chi connectivity index (χ1n) is 8.69. The quantitative estimate of drug-likeness (QED) is 0.525. The predicted molar refractivity (Wildman–Crippen MR) is 110 cm³/mol. The average Bonchev–Trinajstić information content (AvgIpc) is 3.04. The molecule has 0 aliphatic rings. The molecule has 1 heterocycles. The Balaban J connectivity index is 1.82. The second kappa shape index (κ2) is 7.44. The van der Waals surface area contributed by atoms with Crippen LogP contribution < -0.4 is 0 Å². The minimum Gasteiger partial charge on any atom is -0.283 e. The lowest BCUT2D eigenvalue weighted by Gasteiger charge is -2.20. The van der Waals surface area contributed by atoms with Gasteiger partial charge in [0.25, 0.3) is 0 Å². The van der Waals surface area contributed by atoms with E-state index in [4.69, 9.17) is 6.42 Å². The van der Waals surface area contributed by atoms with Crippen molar-refractivity contribution < 1.29 is 0 Å². The van der Waals surface area contributed by atoms with E-state index >= 15 is 0 Å². The molecule has 1 aromatic heterocycles. The number of fused-ring (bicyclic) bond motifs is 1. The summed E-state index contributed by atoms with van der Waals surface area (Å²) in [6.45, 7) is 9.21. The standard InChI is InChI=1S/C23H25NS/c1-5-15-24(17-20-13-14-22(25-20)23(2,3)4)16-19-11-8-10-18-9-6-7-12-21(18)19/h1,6-14H,15-17H2,2-4H3. The second-order valence-electron chi connectivity index (χ2n) is 7.50. The summed E-state index contributed by atoms with van der Waals surface area (Å²) in [6, 6.07) is 19.6. The largest absolute Gasteiger partial charge is 0.283 e. The summed E-state index contributed by atoms with van der Waals surface area (Å²) < 4.78 is 0. The highest BCUT2D eigenvalue weighted by Crippen LogP contribution is 2.30. The van der Waals surface area contributed by atoms with Crippen LogP contribution in [0.25, 0.3) is 10.8 Å². The van der Waals surface area contributed by atoms with Gasteiger partial charge in [-0.3, -0.25) is 4.90 Å². The number of hydrogen-bond donors (Lipinski definition) is 0. The van der Waals surface area contributed by atoms with Crippen LogP contribution in [0.5, 0.6) is 0 Å². The van der Waals surface area contributed by atoms with Gasteiger partial charge in [0.2, 0.25) is 0 Å². The van der Waals surface area contributed by atoms with Gasteiger partial charge in [-0.1, -0.05) is 69.2 Å². The first-order chi connectivity index (χ1) is 12.0. The highest BCUT2D eigenvalue weighted by Gasteiger charge is 2.17. The van der Waals surface area contributed by atoms with Crippen LogP contribution in [0.3, 0.4) is 0 Å². The van der Waals surface area contributed by atoms with Crippen LogP contribution in [0.4, 0.5) is 0 Å². The molecule has 0 bridgehead atoms. The highest BCUT2D eigenvalue weighted by molar-refractivity contribution is 7.12. The Morgan fingerprint density at radius 1 is 0.960 bits per heavy atom. The zero-order valence-electron chi connectivity index (χ0n) is 15.3. The minimum absolute atomic E-state index is 0.204. The number of hydrogen-bond acceptors (Lipinski definition) is 2. The van der Waals surface area contributed by atoms with E-state index in [0.29, 0.717) is 6.54 Å². The molecular weight excluding hydrogens is 322 g/mol. The summed E-state index contributed by atoms with van der Waals surface area (Å²) in [6.07, 6.45) is 5.64.